The summed E-state index contributed by atoms with van der Waals surface area (Å²) < 4.78 is 0. The molecule has 0 bridgehead atoms. The number of hydrogen-bond acceptors (Lipinski definition) is 3. The van der Waals surface area contributed by atoms with Gasteiger partial charge in [0.2, 0.25) is 0 Å². The largest absolute Gasteiger partial charge is 0.480 e. The van der Waals surface area contributed by atoms with Crippen LogP contribution >= 0.6 is 11.6 Å². The first-order valence-corrected chi connectivity index (χ1v) is 5.88. The molecule has 0 amide bonds. The van der Waals surface area contributed by atoms with Gasteiger partial charge in [-0.1, -0.05) is 11.6 Å². The van der Waals surface area contributed by atoms with E-state index in [1.165, 1.54) is 0 Å². The van der Waals surface area contributed by atoms with E-state index in [1.54, 1.807) is 0 Å². The summed E-state index contributed by atoms with van der Waals surface area (Å²) in [7, 11) is 0. The van der Waals surface area contributed by atoms with Gasteiger partial charge in [-0.25, -0.2) is 9.79 Å². The molecule has 0 radical (unpaired) electrons. The second-order valence-electron chi connectivity index (χ2n) is 4.32. The van der Waals surface area contributed by atoms with E-state index in [1.807, 2.05) is 23.1 Å². The van der Waals surface area contributed by atoms with E-state index in [-0.39, 0.29) is 0 Å². The van der Waals surface area contributed by atoms with Gasteiger partial charge in [-0.05, 0) is 30.2 Å². The number of carbonyl (C=O) groups is 1. The zero-order valence-corrected chi connectivity index (χ0v) is 9.81. The van der Waals surface area contributed by atoms with Crippen molar-refractivity contribution >= 4 is 29.1 Å². The van der Waals surface area contributed by atoms with E-state index in [4.69, 9.17) is 16.7 Å². The molecular weight excluding hydrogens is 240 g/mol. The van der Waals surface area contributed by atoms with Crippen LogP contribution in [0.1, 0.15) is 18.4 Å². The highest BCUT2D eigenvalue weighted by molar-refractivity contribution is 6.30. The molecule has 0 saturated carbocycles. The van der Waals surface area contributed by atoms with Crippen LogP contribution in [-0.4, -0.2) is 27.9 Å². The average molecular weight is 251 g/mol. The van der Waals surface area contributed by atoms with Crippen molar-refractivity contribution < 1.29 is 9.90 Å². The van der Waals surface area contributed by atoms with E-state index in [2.05, 4.69) is 4.99 Å². The lowest BCUT2D eigenvalue weighted by Crippen LogP contribution is -2.39. The van der Waals surface area contributed by atoms with E-state index in [9.17, 15) is 4.79 Å². The summed E-state index contributed by atoms with van der Waals surface area (Å²) in [6, 6.07) is 5.11. The van der Waals surface area contributed by atoms with Crippen molar-refractivity contribution in [3.63, 3.8) is 0 Å². The molecular formula is C12H11ClN2O2. The van der Waals surface area contributed by atoms with Gasteiger partial charge < -0.3 is 10.0 Å². The molecule has 1 saturated heterocycles. The summed E-state index contributed by atoms with van der Waals surface area (Å²) in [5.41, 5.74) is 1.90. The average Bonchev–Trinajstić information content (AvgIpc) is 2.68. The molecule has 1 N–H and O–H groups in total. The van der Waals surface area contributed by atoms with Gasteiger partial charge in [-0.2, -0.15) is 0 Å². The second kappa shape index (κ2) is 3.74. The predicted molar refractivity (Wildman–Crippen MR) is 64.7 cm³/mol. The molecule has 0 unspecified atom stereocenters. The number of halogens is 1. The number of rotatable bonds is 1. The summed E-state index contributed by atoms with van der Waals surface area (Å²) in [5, 5.41) is 9.79. The number of amidine groups is 1. The van der Waals surface area contributed by atoms with Crippen molar-refractivity contribution in [2.75, 3.05) is 0 Å². The van der Waals surface area contributed by atoms with Crippen molar-refractivity contribution in [2.24, 2.45) is 4.99 Å². The number of benzene rings is 1. The van der Waals surface area contributed by atoms with Gasteiger partial charge in [0.25, 0.3) is 0 Å². The Balaban J connectivity index is 2.00. The number of fused-ring (bicyclic) bond motifs is 2. The first kappa shape index (κ1) is 10.6. The molecule has 5 heteroatoms. The number of aliphatic imine (C=N–C) groups is 1. The third-order valence-electron chi connectivity index (χ3n) is 3.27. The third-order valence-corrected chi connectivity index (χ3v) is 3.50. The number of carboxylic acid groups (broad SMARTS) is 1. The first-order valence-electron chi connectivity index (χ1n) is 5.50. The quantitative estimate of drug-likeness (QED) is 0.833. The summed E-state index contributed by atoms with van der Waals surface area (Å²) in [6.45, 7) is 0.589. The zero-order chi connectivity index (χ0) is 12.0. The Morgan fingerprint density at radius 2 is 2.35 bits per heavy atom. The maximum Gasteiger partial charge on any atom is 0.326 e. The minimum absolute atomic E-state index is 0.444. The van der Waals surface area contributed by atoms with Crippen LogP contribution in [0, 0.1) is 0 Å². The molecule has 17 heavy (non-hydrogen) atoms. The smallest absolute Gasteiger partial charge is 0.326 e. The molecule has 1 aromatic rings. The van der Waals surface area contributed by atoms with Crippen LogP contribution in [0.5, 0.6) is 0 Å². The molecule has 0 aromatic heterocycles. The van der Waals surface area contributed by atoms with Gasteiger partial charge in [-0.15, -0.1) is 0 Å². The van der Waals surface area contributed by atoms with E-state index < -0.39 is 12.0 Å². The molecule has 2 aliphatic heterocycles. The Kier molecular flexibility index (Phi) is 2.33. The van der Waals surface area contributed by atoms with Crippen molar-refractivity contribution in [1.82, 2.24) is 4.90 Å². The van der Waals surface area contributed by atoms with Gasteiger partial charge in [0.1, 0.15) is 11.9 Å². The predicted octanol–water partition coefficient (Wildman–Crippen LogP) is 2.43. The molecule has 2 aliphatic rings. The fraction of sp³-hybridized carbons (Fsp3) is 0.333. The Bertz CT molecular complexity index is 527. The Hall–Kier alpha value is -1.55. The maximum absolute atomic E-state index is 11.1. The van der Waals surface area contributed by atoms with Crippen molar-refractivity contribution in [3.05, 3.63) is 28.8 Å². The van der Waals surface area contributed by atoms with Crippen LogP contribution in [0.2, 0.25) is 5.02 Å². The summed E-state index contributed by atoms with van der Waals surface area (Å²) >= 11 is 5.94. The van der Waals surface area contributed by atoms with Crippen LogP contribution in [0.3, 0.4) is 0 Å². The second-order valence-corrected chi connectivity index (χ2v) is 4.76. The third kappa shape index (κ3) is 1.69. The van der Waals surface area contributed by atoms with Crippen molar-refractivity contribution in [3.8, 4) is 0 Å². The first-order chi connectivity index (χ1) is 8.15. The highest BCUT2D eigenvalue weighted by atomic mass is 35.5. The number of hydrogen-bond donors (Lipinski definition) is 1. The lowest BCUT2D eigenvalue weighted by atomic mass is 10.1. The van der Waals surface area contributed by atoms with Crippen molar-refractivity contribution in [2.45, 2.75) is 25.4 Å². The van der Waals surface area contributed by atoms with Gasteiger partial charge >= 0.3 is 5.97 Å². The standard InChI is InChI=1S/C12H11ClN2O2/c13-8-1-2-9-7(5-8)6-15-10(12(16)17)3-4-11(15)14-9/h1-2,5,10H,3-4,6H2,(H,16,17)/t10-/m1/s1. The summed E-state index contributed by atoms with van der Waals surface area (Å²) in [6.07, 6.45) is 1.37. The van der Waals surface area contributed by atoms with Gasteiger partial charge in [0, 0.05) is 18.0 Å². The fourth-order valence-electron chi connectivity index (χ4n) is 2.44. The Labute approximate surface area is 104 Å². The molecule has 1 fully saturated rings. The van der Waals surface area contributed by atoms with E-state index >= 15 is 0 Å². The van der Waals surface area contributed by atoms with Crippen LogP contribution in [0.4, 0.5) is 5.69 Å². The van der Waals surface area contributed by atoms with Gasteiger partial charge in [0.15, 0.2) is 0 Å². The van der Waals surface area contributed by atoms with Gasteiger partial charge in [-0.3, -0.25) is 0 Å². The molecule has 1 atom stereocenters. The zero-order valence-electron chi connectivity index (χ0n) is 9.06. The van der Waals surface area contributed by atoms with Crippen LogP contribution < -0.4 is 0 Å². The van der Waals surface area contributed by atoms with Crippen LogP contribution in [-0.2, 0) is 11.3 Å². The summed E-state index contributed by atoms with van der Waals surface area (Å²) in [5.74, 6) is 0.105. The van der Waals surface area contributed by atoms with Crippen molar-refractivity contribution in [1.29, 1.82) is 0 Å². The highest BCUT2D eigenvalue weighted by Gasteiger charge is 2.36. The van der Waals surface area contributed by atoms with Gasteiger partial charge in [0.05, 0.1) is 5.69 Å². The normalized spacial score (nSPS) is 21.8. The number of carboxylic acids is 1. The lowest BCUT2D eigenvalue weighted by Gasteiger charge is -2.28. The molecule has 0 aliphatic carbocycles. The number of aliphatic carboxylic acids is 1. The Morgan fingerprint density at radius 1 is 1.53 bits per heavy atom. The molecule has 4 nitrogen and oxygen atoms in total. The molecule has 1 aromatic carbocycles. The molecule has 3 rings (SSSR count). The molecule has 88 valence electrons. The molecule has 2 heterocycles. The monoisotopic (exact) mass is 250 g/mol. The van der Waals surface area contributed by atoms with E-state index in [0.29, 0.717) is 18.0 Å². The van der Waals surface area contributed by atoms with Crippen LogP contribution in [0.25, 0.3) is 0 Å². The Morgan fingerprint density at radius 3 is 3.12 bits per heavy atom. The van der Waals surface area contributed by atoms with Crippen LogP contribution in [0.15, 0.2) is 23.2 Å². The minimum atomic E-state index is -0.777. The maximum atomic E-state index is 11.1. The lowest BCUT2D eigenvalue weighted by molar-refractivity contribution is -0.141. The topological polar surface area (TPSA) is 52.9 Å². The fourth-order valence-corrected chi connectivity index (χ4v) is 2.63. The minimum Gasteiger partial charge on any atom is -0.480 e. The SMILES string of the molecule is O=C(O)[C@H]1CCC2=Nc3ccc(Cl)cc3CN21. The molecule has 0 spiro atoms. The number of nitrogens with zero attached hydrogens (tertiary/aromatic N) is 2. The van der Waals surface area contributed by atoms with E-state index in [0.717, 1.165) is 23.5 Å². The summed E-state index contributed by atoms with van der Waals surface area (Å²) in [4.78, 5) is 17.5. The highest BCUT2D eigenvalue weighted by Crippen LogP contribution is 2.34.